The van der Waals surface area contributed by atoms with Crippen molar-refractivity contribution in [3.63, 3.8) is 0 Å². The van der Waals surface area contributed by atoms with E-state index in [-0.39, 0.29) is 0 Å². The maximum Gasteiger partial charge on any atom is 0.418 e. The van der Waals surface area contributed by atoms with E-state index in [1.165, 1.54) is 30.3 Å². The molecule has 2 aliphatic carbocycles. The molecule has 2 atom stereocenters. The predicted molar refractivity (Wildman–Crippen MR) is 169 cm³/mol. The van der Waals surface area contributed by atoms with Crippen molar-refractivity contribution in [2.45, 2.75) is 36.5 Å². The molecule has 0 spiro atoms. The van der Waals surface area contributed by atoms with E-state index in [9.17, 15) is 42.1 Å². The SMILES string of the molecule is N#CC1=C(C(F)(F)F)/C(=C(\C#N)c2cc(C#N)cc(C#N)c2)c2c1c(C(F)(F)F)c1c(c2C(F)(F)F)C(C(C#N)c2cc(C#N)cc(C#N)c2)C(C(F)(F)F)=C1C#N. The summed E-state index contributed by atoms with van der Waals surface area (Å²) in [7, 11) is 0. The smallest absolute Gasteiger partial charge is 0.198 e. The second-order valence-corrected chi connectivity index (χ2v) is 12.1. The molecule has 3 aromatic rings. The molecule has 0 saturated heterocycles. The van der Waals surface area contributed by atoms with E-state index in [0.29, 0.717) is 24.3 Å². The number of nitrogens with zero attached hydrogens (tertiary/aromatic N) is 8. The van der Waals surface area contributed by atoms with Crippen molar-refractivity contribution in [2.75, 3.05) is 0 Å². The van der Waals surface area contributed by atoms with Gasteiger partial charge in [0.1, 0.15) is 18.2 Å². The van der Waals surface area contributed by atoms with Gasteiger partial charge in [-0.2, -0.15) is 94.8 Å². The van der Waals surface area contributed by atoms with Gasteiger partial charge in [0.15, 0.2) is 0 Å². The lowest BCUT2D eigenvalue weighted by atomic mass is 9.74. The monoisotopic (exact) mass is 804 g/mol. The summed E-state index contributed by atoms with van der Waals surface area (Å²) in [5, 5.41) is 78.5. The summed E-state index contributed by atoms with van der Waals surface area (Å²) in [5.74, 6) is -6.15. The van der Waals surface area contributed by atoms with Crippen LogP contribution in [0.4, 0.5) is 52.7 Å². The second-order valence-electron chi connectivity index (χ2n) is 12.1. The van der Waals surface area contributed by atoms with Crippen LogP contribution in [0.25, 0.3) is 22.3 Å². The number of halogens is 12. The van der Waals surface area contributed by atoms with Gasteiger partial charge in [0, 0.05) is 28.2 Å². The minimum atomic E-state index is -6.34. The van der Waals surface area contributed by atoms with Crippen molar-refractivity contribution in [1.82, 2.24) is 0 Å². The molecule has 20 heteroatoms. The molecule has 5 rings (SSSR count). The third kappa shape index (κ3) is 6.46. The molecule has 0 bridgehead atoms. The van der Waals surface area contributed by atoms with Gasteiger partial charge in [-0.25, -0.2) is 0 Å². The highest BCUT2D eigenvalue weighted by Crippen LogP contribution is 2.65. The van der Waals surface area contributed by atoms with Gasteiger partial charge in [-0.1, -0.05) is 0 Å². The molecule has 3 aromatic carbocycles. The third-order valence-corrected chi connectivity index (χ3v) is 8.95. The van der Waals surface area contributed by atoms with E-state index in [1.807, 2.05) is 0 Å². The first kappa shape index (κ1) is 41.1. The molecule has 284 valence electrons. The number of fused-ring (bicyclic) bond motifs is 2. The first-order valence-electron chi connectivity index (χ1n) is 15.3. The quantitative estimate of drug-likeness (QED) is 0.185. The van der Waals surface area contributed by atoms with Crippen molar-refractivity contribution >= 4 is 22.3 Å². The van der Waals surface area contributed by atoms with Crippen LogP contribution in [-0.2, 0) is 12.4 Å². The van der Waals surface area contributed by atoms with Crippen LogP contribution in [0.1, 0.15) is 78.6 Å². The van der Waals surface area contributed by atoms with E-state index < -0.39 is 137 Å². The van der Waals surface area contributed by atoms with Crippen LogP contribution in [-0.4, -0.2) is 12.4 Å². The Morgan fingerprint density at radius 2 is 0.966 bits per heavy atom. The topological polar surface area (TPSA) is 190 Å². The number of allylic oxidation sites excluding steroid dienone is 6. The maximum atomic E-state index is 15.8. The zero-order chi connectivity index (χ0) is 43.4. The van der Waals surface area contributed by atoms with Gasteiger partial charge in [0.05, 0.1) is 97.5 Å². The van der Waals surface area contributed by atoms with Crippen LogP contribution in [0.15, 0.2) is 47.5 Å². The molecular weight excluding hydrogens is 796 g/mol. The average molecular weight is 805 g/mol. The maximum absolute atomic E-state index is 15.8. The van der Waals surface area contributed by atoms with Crippen LogP contribution in [0.3, 0.4) is 0 Å². The Labute approximate surface area is 316 Å². The Hall–Kier alpha value is -8.04. The standard InChI is InChI=1S/C38H8F12N8/c39-35(40,41)31-23(13-57)27-29(25(31)21(11-55)19-3-15(7-51)1-16(4-19)8-52)34(38(48,49)50)30-26(22(12-56)20-5-17(9-53)2-18(6-20)10-54)32(36(42,43)44)24(14-58)28(30)33(27)37(45,46)47/h1-6,21,25H/b26-22+. The third-order valence-electron chi connectivity index (χ3n) is 8.95. The number of alkyl halides is 12. The van der Waals surface area contributed by atoms with Crippen molar-refractivity contribution in [2.24, 2.45) is 0 Å². The zero-order valence-electron chi connectivity index (χ0n) is 27.7. The largest absolute Gasteiger partial charge is 0.418 e. The van der Waals surface area contributed by atoms with Crippen LogP contribution in [0.2, 0.25) is 0 Å². The Kier molecular flexibility index (Phi) is 9.87. The fourth-order valence-electron chi connectivity index (χ4n) is 7.11. The summed E-state index contributed by atoms with van der Waals surface area (Å²) < 4.78 is 185. The zero-order valence-corrected chi connectivity index (χ0v) is 27.7. The first-order valence-corrected chi connectivity index (χ1v) is 15.3. The summed E-state index contributed by atoms with van der Waals surface area (Å²) >= 11 is 0. The van der Waals surface area contributed by atoms with Crippen molar-refractivity contribution in [3.05, 3.63) is 114 Å². The molecule has 8 nitrogen and oxygen atoms in total. The lowest BCUT2D eigenvalue weighted by Crippen LogP contribution is -2.25. The van der Waals surface area contributed by atoms with Crippen LogP contribution in [0.5, 0.6) is 0 Å². The van der Waals surface area contributed by atoms with E-state index in [4.69, 9.17) is 0 Å². The minimum Gasteiger partial charge on any atom is -0.198 e. The number of rotatable bonds is 3. The fraction of sp³-hybridized carbons (Fsp3) is 0.158. The van der Waals surface area contributed by atoms with Gasteiger partial charge < -0.3 is 0 Å². The number of nitriles is 8. The first-order chi connectivity index (χ1) is 27.0. The Morgan fingerprint density at radius 1 is 0.500 bits per heavy atom. The predicted octanol–water partition coefficient (Wildman–Crippen LogP) is 9.74. The summed E-state index contributed by atoms with van der Waals surface area (Å²) in [6.07, 6.45) is -24.9. The van der Waals surface area contributed by atoms with Crippen molar-refractivity contribution in [1.29, 1.82) is 42.1 Å². The molecule has 0 aliphatic heterocycles. The lowest BCUT2D eigenvalue weighted by Gasteiger charge is -2.29. The molecular formula is C38H8F12N8. The molecule has 0 radical (unpaired) electrons. The Morgan fingerprint density at radius 3 is 1.33 bits per heavy atom. The molecule has 0 fully saturated rings. The Balaban J connectivity index is 2.23. The van der Waals surface area contributed by atoms with Gasteiger partial charge in [-0.3, -0.25) is 0 Å². The van der Waals surface area contributed by atoms with E-state index in [2.05, 4.69) is 0 Å². The highest BCUT2D eigenvalue weighted by atomic mass is 19.4. The summed E-state index contributed by atoms with van der Waals surface area (Å²) in [4.78, 5) is 0. The number of benzene rings is 3. The molecule has 0 aromatic heterocycles. The summed E-state index contributed by atoms with van der Waals surface area (Å²) in [5.41, 5.74) is -32.1. The highest BCUT2D eigenvalue weighted by molar-refractivity contribution is 6.17. The normalized spacial score (nSPS) is 16.3. The molecule has 2 aliphatic rings. The highest BCUT2D eigenvalue weighted by Gasteiger charge is 2.60. The number of hydrogen-bond acceptors (Lipinski definition) is 8. The summed E-state index contributed by atoms with van der Waals surface area (Å²) in [6.45, 7) is 0. The van der Waals surface area contributed by atoms with Crippen LogP contribution >= 0.6 is 0 Å². The fourth-order valence-corrected chi connectivity index (χ4v) is 7.11. The van der Waals surface area contributed by atoms with Crippen LogP contribution < -0.4 is 0 Å². The Bertz CT molecular complexity index is 2770. The van der Waals surface area contributed by atoms with Gasteiger partial charge >= 0.3 is 24.7 Å². The second kappa shape index (κ2) is 13.9. The molecule has 58 heavy (non-hydrogen) atoms. The lowest BCUT2D eigenvalue weighted by molar-refractivity contribution is -0.142. The van der Waals surface area contributed by atoms with E-state index in [1.54, 1.807) is 0 Å². The van der Waals surface area contributed by atoms with Crippen molar-refractivity contribution in [3.8, 4) is 48.6 Å². The van der Waals surface area contributed by atoms with Gasteiger partial charge in [-0.05, 0) is 53.1 Å². The number of hydrogen-bond donors (Lipinski definition) is 0. The summed E-state index contributed by atoms with van der Waals surface area (Å²) in [6, 6.07) is 13.7. The van der Waals surface area contributed by atoms with E-state index >= 15 is 52.7 Å². The molecule has 0 N–H and O–H groups in total. The van der Waals surface area contributed by atoms with E-state index in [0.717, 1.165) is 30.3 Å². The molecule has 0 heterocycles. The minimum absolute atomic E-state index is 0.566. The van der Waals surface area contributed by atoms with Crippen LogP contribution in [0, 0.1) is 90.6 Å². The van der Waals surface area contributed by atoms with Gasteiger partial charge in [-0.15, -0.1) is 0 Å². The average Bonchev–Trinajstić information content (AvgIpc) is 3.66. The molecule has 0 amide bonds. The van der Waals surface area contributed by atoms with Crippen molar-refractivity contribution < 1.29 is 52.7 Å². The molecule has 2 unspecified atom stereocenters. The molecule has 0 saturated carbocycles. The van der Waals surface area contributed by atoms with Gasteiger partial charge in [0.2, 0.25) is 0 Å². The van der Waals surface area contributed by atoms with Gasteiger partial charge in [0.25, 0.3) is 0 Å².